The van der Waals surface area contributed by atoms with E-state index in [1.54, 1.807) is 53.2 Å². The number of fused-ring (bicyclic) bond motifs is 1. The molecule has 0 aliphatic carbocycles. The predicted octanol–water partition coefficient (Wildman–Crippen LogP) is 5.62. The summed E-state index contributed by atoms with van der Waals surface area (Å²) in [7, 11) is 0. The highest BCUT2D eigenvalue weighted by molar-refractivity contribution is 6.33. The maximum atomic E-state index is 13.3. The molecule has 6 rings (SSSR count). The molecule has 5 aromatic rings. The summed E-state index contributed by atoms with van der Waals surface area (Å²) >= 11 is 12.3. The zero-order chi connectivity index (χ0) is 27.8. The Hall–Kier alpha value is -3.79. The van der Waals surface area contributed by atoms with Gasteiger partial charge in [-0.2, -0.15) is 0 Å². The van der Waals surface area contributed by atoms with Gasteiger partial charge in [0.15, 0.2) is 12.3 Å². The Bertz CT molecular complexity index is 1640. The third-order valence-electron chi connectivity index (χ3n) is 6.97. The lowest BCUT2D eigenvalue weighted by Gasteiger charge is -2.26. The molecule has 2 aromatic heterocycles. The maximum Gasteiger partial charge on any atom is 0.338 e. The Balaban J connectivity index is 1.30. The predicted molar refractivity (Wildman–Crippen MR) is 150 cm³/mol. The fraction of sp³-hybridized carbons (Fsp3) is 0.167. The molecule has 40 heavy (non-hydrogen) atoms. The van der Waals surface area contributed by atoms with Crippen LogP contribution in [-0.2, 0) is 9.47 Å². The SMILES string of the molecule is O=C(OC(c1ccc(Cl)cc1)[C@H]1O[C@@H](n2ccc3c(Cl)ncnc32)[C@H](O)[C@@H]1O)c1ccc(-c2ccccc2)cc1. The van der Waals surface area contributed by atoms with E-state index < -0.39 is 36.6 Å². The van der Waals surface area contributed by atoms with Crippen LogP contribution in [0.15, 0.2) is 97.5 Å². The van der Waals surface area contributed by atoms with Crippen LogP contribution < -0.4 is 0 Å². The average Bonchev–Trinajstić information content (AvgIpc) is 3.54. The number of aliphatic hydroxyl groups is 2. The Morgan fingerprint density at radius 3 is 2.30 bits per heavy atom. The summed E-state index contributed by atoms with van der Waals surface area (Å²) < 4.78 is 13.7. The summed E-state index contributed by atoms with van der Waals surface area (Å²) in [6.07, 6.45) is -3.00. The lowest BCUT2D eigenvalue weighted by molar-refractivity contribution is -0.0916. The molecule has 1 aliphatic rings. The highest BCUT2D eigenvalue weighted by Gasteiger charge is 2.49. The lowest BCUT2D eigenvalue weighted by Crippen LogP contribution is -2.36. The third kappa shape index (κ3) is 4.96. The quantitative estimate of drug-likeness (QED) is 0.200. The van der Waals surface area contributed by atoms with Crippen molar-refractivity contribution >= 4 is 40.2 Å². The number of hydrogen-bond donors (Lipinski definition) is 2. The number of carbonyl (C=O) groups is 1. The monoisotopic (exact) mass is 575 g/mol. The summed E-state index contributed by atoms with van der Waals surface area (Å²) in [6, 6.07) is 25.2. The number of halogens is 2. The number of rotatable bonds is 6. The van der Waals surface area contributed by atoms with E-state index in [9.17, 15) is 15.0 Å². The molecule has 1 saturated heterocycles. The van der Waals surface area contributed by atoms with Crippen LogP contribution in [0.4, 0.5) is 0 Å². The second-order valence-corrected chi connectivity index (χ2v) is 10.2. The number of nitrogens with zero attached hydrogens (tertiary/aromatic N) is 3. The van der Waals surface area contributed by atoms with E-state index in [1.165, 1.54) is 6.33 Å². The van der Waals surface area contributed by atoms with Gasteiger partial charge in [0, 0.05) is 11.2 Å². The number of ether oxygens (including phenoxy) is 2. The molecule has 0 saturated carbocycles. The molecule has 0 radical (unpaired) electrons. The number of aromatic nitrogens is 3. The van der Waals surface area contributed by atoms with Crippen LogP contribution >= 0.6 is 23.2 Å². The minimum atomic E-state index is -1.39. The van der Waals surface area contributed by atoms with Crippen LogP contribution in [0.1, 0.15) is 28.3 Å². The van der Waals surface area contributed by atoms with Crippen molar-refractivity contribution in [1.82, 2.24) is 14.5 Å². The van der Waals surface area contributed by atoms with E-state index in [4.69, 9.17) is 32.7 Å². The average molecular weight is 576 g/mol. The van der Waals surface area contributed by atoms with Gasteiger partial charge in [-0.05, 0) is 47.0 Å². The van der Waals surface area contributed by atoms with Crippen molar-refractivity contribution in [3.63, 3.8) is 0 Å². The summed E-state index contributed by atoms with van der Waals surface area (Å²) in [5.41, 5.74) is 3.27. The minimum absolute atomic E-state index is 0.250. The van der Waals surface area contributed by atoms with Crippen molar-refractivity contribution in [3.8, 4) is 11.1 Å². The van der Waals surface area contributed by atoms with Crippen LogP contribution in [-0.4, -0.2) is 49.0 Å². The summed E-state index contributed by atoms with van der Waals surface area (Å²) in [5.74, 6) is -0.612. The number of carbonyl (C=O) groups excluding carboxylic acids is 1. The fourth-order valence-corrected chi connectivity index (χ4v) is 5.22. The second-order valence-electron chi connectivity index (χ2n) is 9.42. The van der Waals surface area contributed by atoms with Crippen molar-refractivity contribution in [2.75, 3.05) is 0 Å². The number of esters is 1. The first-order chi connectivity index (χ1) is 19.4. The molecule has 1 fully saturated rings. The van der Waals surface area contributed by atoms with Crippen molar-refractivity contribution in [1.29, 1.82) is 0 Å². The van der Waals surface area contributed by atoms with Gasteiger partial charge in [-0.3, -0.25) is 0 Å². The molecule has 3 aromatic carbocycles. The zero-order valence-corrected chi connectivity index (χ0v) is 22.4. The van der Waals surface area contributed by atoms with Gasteiger partial charge in [0.05, 0.1) is 10.9 Å². The molecule has 5 atom stereocenters. The van der Waals surface area contributed by atoms with Gasteiger partial charge in [-0.15, -0.1) is 0 Å². The zero-order valence-electron chi connectivity index (χ0n) is 20.8. The van der Waals surface area contributed by atoms with Gasteiger partial charge >= 0.3 is 5.97 Å². The molecule has 202 valence electrons. The van der Waals surface area contributed by atoms with Crippen molar-refractivity contribution in [2.45, 2.75) is 30.6 Å². The molecule has 1 aliphatic heterocycles. The Labute approximate surface area is 239 Å². The molecule has 8 nitrogen and oxygen atoms in total. The van der Waals surface area contributed by atoms with Crippen molar-refractivity contribution in [3.05, 3.63) is 119 Å². The smallest absolute Gasteiger partial charge is 0.338 e. The maximum absolute atomic E-state index is 13.3. The van der Waals surface area contributed by atoms with Gasteiger partial charge in [0.2, 0.25) is 0 Å². The highest BCUT2D eigenvalue weighted by atomic mass is 35.5. The Morgan fingerprint density at radius 2 is 1.57 bits per heavy atom. The second kappa shape index (κ2) is 11.0. The molecule has 0 spiro atoms. The molecule has 3 heterocycles. The van der Waals surface area contributed by atoms with E-state index in [1.807, 2.05) is 42.5 Å². The first kappa shape index (κ1) is 26.4. The summed E-state index contributed by atoms with van der Waals surface area (Å²) in [6.45, 7) is 0. The number of aliphatic hydroxyl groups excluding tert-OH is 2. The number of hydrogen-bond acceptors (Lipinski definition) is 7. The highest BCUT2D eigenvalue weighted by Crippen LogP contribution is 2.40. The Kier molecular flexibility index (Phi) is 7.27. The first-order valence-electron chi connectivity index (χ1n) is 12.5. The molecular weight excluding hydrogens is 553 g/mol. The molecule has 1 unspecified atom stereocenters. The van der Waals surface area contributed by atoms with Gasteiger partial charge in [-0.25, -0.2) is 14.8 Å². The molecule has 10 heteroatoms. The van der Waals surface area contributed by atoms with Crippen molar-refractivity contribution < 1.29 is 24.5 Å². The van der Waals surface area contributed by atoms with Crippen LogP contribution in [0.25, 0.3) is 22.2 Å². The minimum Gasteiger partial charge on any atom is -0.451 e. The lowest BCUT2D eigenvalue weighted by atomic mass is 9.98. The van der Waals surface area contributed by atoms with Gasteiger partial charge in [0.25, 0.3) is 0 Å². The summed E-state index contributed by atoms with van der Waals surface area (Å²) in [5, 5.41) is 23.5. The summed E-state index contributed by atoms with van der Waals surface area (Å²) in [4.78, 5) is 21.6. The molecule has 0 amide bonds. The molecule has 0 bridgehead atoms. The van der Waals surface area contributed by atoms with Gasteiger partial charge in [0.1, 0.15) is 35.4 Å². The van der Waals surface area contributed by atoms with E-state index in [0.29, 0.717) is 27.2 Å². The number of benzene rings is 3. The van der Waals surface area contributed by atoms with Crippen molar-refractivity contribution in [2.24, 2.45) is 0 Å². The first-order valence-corrected chi connectivity index (χ1v) is 13.3. The van der Waals surface area contributed by atoms with Crippen LogP contribution in [0, 0.1) is 0 Å². The fourth-order valence-electron chi connectivity index (χ4n) is 4.90. The normalized spacial score (nSPS) is 21.4. The van der Waals surface area contributed by atoms with E-state index in [0.717, 1.165) is 11.1 Å². The van der Waals surface area contributed by atoms with E-state index >= 15 is 0 Å². The van der Waals surface area contributed by atoms with Crippen LogP contribution in [0.5, 0.6) is 0 Å². The largest absolute Gasteiger partial charge is 0.451 e. The Morgan fingerprint density at radius 1 is 0.875 bits per heavy atom. The molecular formula is C30H23Cl2N3O5. The van der Waals surface area contributed by atoms with Gasteiger partial charge in [-0.1, -0.05) is 77.8 Å². The third-order valence-corrected chi connectivity index (χ3v) is 7.52. The van der Waals surface area contributed by atoms with Gasteiger partial charge < -0.3 is 24.3 Å². The topological polar surface area (TPSA) is 107 Å². The van der Waals surface area contributed by atoms with Crippen LogP contribution in [0.2, 0.25) is 10.2 Å². The standard InChI is InChI=1S/C30H23Cl2N3O5/c31-21-12-10-19(11-13-21)25(40-30(38)20-8-6-18(7-9-20)17-4-2-1-3-5-17)26-23(36)24(37)29(39-26)35-15-14-22-27(32)33-16-34-28(22)35/h1-16,23-26,29,36-37H/t23-,24+,25?,26-,29+/m0/s1. The molecule has 2 N–H and O–H groups in total. The van der Waals surface area contributed by atoms with Crippen LogP contribution in [0.3, 0.4) is 0 Å². The van der Waals surface area contributed by atoms with E-state index in [2.05, 4.69) is 9.97 Å². The van der Waals surface area contributed by atoms with E-state index in [-0.39, 0.29) is 5.15 Å².